The number of nitrogens with zero attached hydrogens (tertiary/aromatic N) is 1. The van der Waals surface area contributed by atoms with Crippen LogP contribution >= 0.6 is 0 Å². The second-order valence-corrected chi connectivity index (χ2v) is 7.30. The molecule has 1 aliphatic carbocycles. The lowest BCUT2D eigenvalue weighted by Crippen LogP contribution is -2.50. The van der Waals surface area contributed by atoms with E-state index in [2.05, 4.69) is 24.1 Å². The average Bonchev–Trinajstić information content (AvgIpc) is 2.80. The van der Waals surface area contributed by atoms with Crippen LogP contribution in [0, 0.1) is 17.8 Å². The Bertz CT molecular complexity index is 320. The van der Waals surface area contributed by atoms with Crippen LogP contribution < -0.4 is 5.32 Å². The lowest BCUT2D eigenvalue weighted by Gasteiger charge is -2.36. The molecule has 2 heterocycles. The molecule has 5 unspecified atom stereocenters. The third kappa shape index (κ3) is 2.81. The second-order valence-electron chi connectivity index (χ2n) is 7.30. The van der Waals surface area contributed by atoms with Gasteiger partial charge >= 0.3 is 0 Å². The second kappa shape index (κ2) is 5.43. The van der Waals surface area contributed by atoms with Crippen molar-refractivity contribution in [2.75, 3.05) is 13.1 Å². The Labute approximate surface area is 117 Å². The van der Waals surface area contributed by atoms with E-state index < -0.39 is 0 Å². The van der Waals surface area contributed by atoms with Gasteiger partial charge in [0.05, 0.1) is 6.04 Å². The lowest BCUT2D eigenvalue weighted by atomic mass is 9.85. The van der Waals surface area contributed by atoms with Crippen molar-refractivity contribution in [3.05, 3.63) is 0 Å². The number of nitrogens with one attached hydrogen (secondary N) is 1. The fourth-order valence-corrected chi connectivity index (χ4v) is 4.57. The van der Waals surface area contributed by atoms with Gasteiger partial charge in [0.2, 0.25) is 5.91 Å². The highest BCUT2D eigenvalue weighted by atomic mass is 16.2. The van der Waals surface area contributed by atoms with Crippen molar-refractivity contribution < 1.29 is 4.79 Å². The summed E-state index contributed by atoms with van der Waals surface area (Å²) in [6.07, 6.45) is 7.67. The van der Waals surface area contributed by atoms with Gasteiger partial charge in [0.15, 0.2) is 0 Å². The van der Waals surface area contributed by atoms with E-state index in [9.17, 15) is 4.79 Å². The zero-order valence-corrected chi connectivity index (χ0v) is 12.4. The predicted octanol–water partition coefficient (Wildman–Crippen LogP) is 2.41. The summed E-state index contributed by atoms with van der Waals surface area (Å²) in [4.78, 5) is 14.8. The molecule has 1 N–H and O–H groups in total. The monoisotopic (exact) mass is 264 g/mol. The van der Waals surface area contributed by atoms with Crippen LogP contribution in [0.15, 0.2) is 0 Å². The summed E-state index contributed by atoms with van der Waals surface area (Å²) in [6.45, 7) is 6.49. The van der Waals surface area contributed by atoms with Crippen LogP contribution in [0.1, 0.15) is 52.4 Å². The van der Waals surface area contributed by atoms with Gasteiger partial charge in [0, 0.05) is 19.1 Å². The summed E-state index contributed by atoms with van der Waals surface area (Å²) >= 11 is 0. The summed E-state index contributed by atoms with van der Waals surface area (Å²) in [7, 11) is 0. The maximum Gasteiger partial charge on any atom is 0.239 e. The molecule has 3 heteroatoms. The average molecular weight is 264 g/mol. The molecule has 2 aliphatic heterocycles. The Morgan fingerprint density at radius 1 is 1.05 bits per heavy atom. The highest BCUT2D eigenvalue weighted by Gasteiger charge is 2.40. The summed E-state index contributed by atoms with van der Waals surface area (Å²) in [5.74, 6) is 2.47. The van der Waals surface area contributed by atoms with Crippen LogP contribution in [0.4, 0.5) is 0 Å². The van der Waals surface area contributed by atoms with Crippen molar-refractivity contribution in [2.45, 2.75) is 64.5 Å². The lowest BCUT2D eigenvalue weighted by molar-refractivity contribution is -0.135. The first-order valence-electron chi connectivity index (χ1n) is 8.18. The number of piperidine rings is 1. The van der Waals surface area contributed by atoms with Gasteiger partial charge in [-0.15, -0.1) is 0 Å². The molecule has 0 radical (unpaired) electrons. The SMILES string of the molecule is CC1CC(C)CN(C(=O)C2CC3CCCCC3N2)C1. The number of hydrogen-bond acceptors (Lipinski definition) is 2. The minimum atomic E-state index is 0.116. The summed E-state index contributed by atoms with van der Waals surface area (Å²) in [5.41, 5.74) is 0. The summed E-state index contributed by atoms with van der Waals surface area (Å²) in [6, 6.07) is 0.743. The molecule has 108 valence electrons. The molecule has 3 rings (SSSR count). The maximum atomic E-state index is 12.7. The van der Waals surface area contributed by atoms with E-state index in [0.717, 1.165) is 25.4 Å². The quantitative estimate of drug-likeness (QED) is 0.789. The number of carbonyl (C=O) groups is 1. The number of amides is 1. The summed E-state index contributed by atoms with van der Waals surface area (Å²) in [5, 5.41) is 3.63. The van der Waals surface area contributed by atoms with Crippen molar-refractivity contribution in [1.29, 1.82) is 0 Å². The number of carbonyl (C=O) groups excluding carboxylic acids is 1. The highest BCUT2D eigenvalue weighted by Crippen LogP contribution is 2.34. The van der Waals surface area contributed by atoms with Gasteiger partial charge in [0.25, 0.3) is 0 Å². The first kappa shape index (κ1) is 13.4. The molecule has 0 aromatic heterocycles. The first-order chi connectivity index (χ1) is 9.13. The Hall–Kier alpha value is -0.570. The van der Waals surface area contributed by atoms with Gasteiger partial charge in [0.1, 0.15) is 0 Å². The minimum Gasteiger partial charge on any atom is -0.341 e. The van der Waals surface area contributed by atoms with Crippen molar-refractivity contribution >= 4 is 5.91 Å². The fraction of sp³-hybridized carbons (Fsp3) is 0.938. The van der Waals surface area contributed by atoms with Crippen LogP contribution in [0.25, 0.3) is 0 Å². The molecule has 0 spiro atoms. The minimum absolute atomic E-state index is 0.116. The van der Waals surface area contributed by atoms with E-state index in [0.29, 0.717) is 23.8 Å². The molecule has 3 nitrogen and oxygen atoms in total. The molecule has 1 amide bonds. The van der Waals surface area contributed by atoms with E-state index in [1.54, 1.807) is 0 Å². The molecule has 3 fully saturated rings. The Balaban J connectivity index is 1.61. The molecule has 0 aromatic carbocycles. The van der Waals surface area contributed by atoms with Gasteiger partial charge in [-0.2, -0.15) is 0 Å². The van der Waals surface area contributed by atoms with E-state index >= 15 is 0 Å². The normalized spacial score (nSPS) is 43.1. The molecule has 3 aliphatic rings. The molecular weight excluding hydrogens is 236 g/mol. The molecule has 2 saturated heterocycles. The van der Waals surface area contributed by atoms with Crippen LogP contribution in [0.2, 0.25) is 0 Å². The zero-order chi connectivity index (χ0) is 13.4. The molecule has 1 saturated carbocycles. The smallest absolute Gasteiger partial charge is 0.239 e. The van der Waals surface area contributed by atoms with Gasteiger partial charge in [-0.05, 0) is 43.4 Å². The Kier molecular flexibility index (Phi) is 3.84. The largest absolute Gasteiger partial charge is 0.341 e. The van der Waals surface area contributed by atoms with E-state index in [-0.39, 0.29) is 6.04 Å². The van der Waals surface area contributed by atoms with Crippen LogP contribution in [-0.4, -0.2) is 36.0 Å². The van der Waals surface area contributed by atoms with Crippen molar-refractivity contribution in [3.63, 3.8) is 0 Å². The first-order valence-corrected chi connectivity index (χ1v) is 8.18. The fourth-order valence-electron chi connectivity index (χ4n) is 4.57. The number of likely N-dealkylation sites (tertiary alicyclic amines) is 1. The van der Waals surface area contributed by atoms with Crippen LogP contribution in [0.3, 0.4) is 0 Å². The van der Waals surface area contributed by atoms with Crippen molar-refractivity contribution in [3.8, 4) is 0 Å². The standard InChI is InChI=1S/C16H28N2O/c1-11-7-12(2)10-18(9-11)16(19)15-8-13-5-3-4-6-14(13)17-15/h11-15,17H,3-10H2,1-2H3. The van der Waals surface area contributed by atoms with Gasteiger partial charge < -0.3 is 10.2 Å². The maximum absolute atomic E-state index is 12.7. The molecular formula is C16H28N2O. The van der Waals surface area contributed by atoms with Crippen molar-refractivity contribution in [1.82, 2.24) is 10.2 Å². The van der Waals surface area contributed by atoms with Gasteiger partial charge in [-0.1, -0.05) is 26.7 Å². The molecule has 5 atom stereocenters. The number of fused-ring (bicyclic) bond motifs is 1. The van der Waals surface area contributed by atoms with Crippen LogP contribution in [-0.2, 0) is 4.79 Å². The third-order valence-corrected chi connectivity index (χ3v) is 5.34. The highest BCUT2D eigenvalue weighted by molar-refractivity contribution is 5.82. The molecule has 0 aromatic rings. The zero-order valence-electron chi connectivity index (χ0n) is 12.4. The molecule has 0 bridgehead atoms. The van der Waals surface area contributed by atoms with Crippen molar-refractivity contribution in [2.24, 2.45) is 17.8 Å². The third-order valence-electron chi connectivity index (χ3n) is 5.34. The predicted molar refractivity (Wildman–Crippen MR) is 76.8 cm³/mol. The molecule has 19 heavy (non-hydrogen) atoms. The number of hydrogen-bond donors (Lipinski definition) is 1. The topological polar surface area (TPSA) is 32.3 Å². The summed E-state index contributed by atoms with van der Waals surface area (Å²) < 4.78 is 0. The Morgan fingerprint density at radius 2 is 1.74 bits per heavy atom. The number of rotatable bonds is 1. The van der Waals surface area contributed by atoms with Gasteiger partial charge in [-0.25, -0.2) is 0 Å². The van der Waals surface area contributed by atoms with E-state index in [4.69, 9.17) is 0 Å². The van der Waals surface area contributed by atoms with Gasteiger partial charge in [-0.3, -0.25) is 4.79 Å². The van der Waals surface area contributed by atoms with Crippen LogP contribution in [0.5, 0.6) is 0 Å². The van der Waals surface area contributed by atoms with E-state index in [1.165, 1.54) is 32.1 Å². The van der Waals surface area contributed by atoms with E-state index in [1.807, 2.05) is 0 Å². The Morgan fingerprint density at radius 3 is 2.42 bits per heavy atom.